The molecule has 2 aromatic carbocycles. The maximum absolute atomic E-state index is 13.1. The first kappa shape index (κ1) is 20.8. The van der Waals surface area contributed by atoms with Gasteiger partial charge in [-0.05, 0) is 36.2 Å². The molecule has 0 bridgehead atoms. The third kappa shape index (κ3) is 4.44. The third-order valence-electron chi connectivity index (χ3n) is 5.80. The van der Waals surface area contributed by atoms with Crippen molar-refractivity contribution in [1.29, 1.82) is 0 Å². The van der Waals surface area contributed by atoms with Crippen molar-refractivity contribution >= 4 is 22.6 Å². The second-order valence-corrected chi connectivity index (χ2v) is 8.12. The lowest BCUT2D eigenvalue weighted by Crippen LogP contribution is -2.37. The summed E-state index contributed by atoms with van der Waals surface area (Å²) >= 11 is 0. The fraction of sp³-hybridized carbons (Fsp3) is 0.208. The molecule has 1 saturated heterocycles. The number of imidazole rings is 1. The van der Waals surface area contributed by atoms with Crippen molar-refractivity contribution < 1.29 is 9.72 Å². The number of aromatic nitrogens is 3. The molecular formula is C24H22N6O3. The Kier molecular flexibility index (Phi) is 5.54. The Labute approximate surface area is 189 Å². The molecule has 166 valence electrons. The number of nitro groups is 1. The number of non-ortho nitro benzene ring substituents is 1. The number of carbonyl (C=O) groups excluding carboxylic acids is 1. The van der Waals surface area contributed by atoms with Gasteiger partial charge in [0.1, 0.15) is 11.5 Å². The van der Waals surface area contributed by atoms with E-state index in [4.69, 9.17) is 0 Å². The van der Waals surface area contributed by atoms with Crippen LogP contribution in [0.2, 0.25) is 0 Å². The first-order chi connectivity index (χ1) is 16.1. The third-order valence-corrected chi connectivity index (χ3v) is 5.80. The zero-order valence-electron chi connectivity index (χ0n) is 17.8. The van der Waals surface area contributed by atoms with Crippen LogP contribution in [0, 0.1) is 10.1 Å². The molecule has 4 aromatic rings. The molecule has 0 saturated carbocycles. The maximum Gasteiger partial charge on any atom is 0.270 e. The van der Waals surface area contributed by atoms with Crippen LogP contribution in [0.1, 0.15) is 22.5 Å². The summed E-state index contributed by atoms with van der Waals surface area (Å²) in [6, 6.07) is 18.0. The van der Waals surface area contributed by atoms with Crippen molar-refractivity contribution in [1.82, 2.24) is 25.2 Å². The van der Waals surface area contributed by atoms with Gasteiger partial charge in [-0.25, -0.2) is 4.98 Å². The van der Waals surface area contributed by atoms with Crippen molar-refractivity contribution in [2.45, 2.75) is 19.0 Å². The average Bonchev–Trinajstić information content (AvgIpc) is 3.46. The normalized spacial score (nSPS) is 16.2. The molecule has 0 spiro atoms. The number of carbonyl (C=O) groups is 1. The smallest absolute Gasteiger partial charge is 0.270 e. The fourth-order valence-corrected chi connectivity index (χ4v) is 4.23. The maximum atomic E-state index is 13.1. The SMILES string of the molecule is O=C(NC1CCN(Cc2cccc([N+](=O)[O-])c2)C1)c1ncccc1-c1nc2ccccc2[nH]1. The number of pyridine rings is 1. The van der Waals surface area contributed by atoms with E-state index in [2.05, 4.69) is 25.2 Å². The van der Waals surface area contributed by atoms with Crippen LogP contribution in [-0.4, -0.2) is 49.8 Å². The molecule has 5 rings (SSSR count). The highest BCUT2D eigenvalue weighted by atomic mass is 16.6. The van der Waals surface area contributed by atoms with Crippen LogP contribution in [0.15, 0.2) is 66.9 Å². The van der Waals surface area contributed by atoms with E-state index in [0.29, 0.717) is 30.2 Å². The van der Waals surface area contributed by atoms with Crippen LogP contribution in [0.25, 0.3) is 22.4 Å². The van der Waals surface area contributed by atoms with Crippen LogP contribution < -0.4 is 5.32 Å². The molecule has 0 radical (unpaired) electrons. The summed E-state index contributed by atoms with van der Waals surface area (Å²) in [7, 11) is 0. The number of hydrogen-bond acceptors (Lipinski definition) is 6. The van der Waals surface area contributed by atoms with Gasteiger partial charge in [0.2, 0.25) is 0 Å². The Morgan fingerprint density at radius 1 is 1.18 bits per heavy atom. The van der Waals surface area contributed by atoms with Crippen LogP contribution >= 0.6 is 0 Å². The zero-order valence-corrected chi connectivity index (χ0v) is 17.8. The largest absolute Gasteiger partial charge is 0.347 e. The predicted octanol–water partition coefficient (Wildman–Crippen LogP) is 3.54. The van der Waals surface area contributed by atoms with Crippen molar-refractivity contribution in [3.63, 3.8) is 0 Å². The molecular weight excluding hydrogens is 420 g/mol. The number of amides is 1. The second-order valence-electron chi connectivity index (χ2n) is 8.12. The molecule has 1 aliphatic rings. The van der Waals surface area contributed by atoms with Gasteiger partial charge in [-0.15, -0.1) is 0 Å². The minimum atomic E-state index is -0.386. The Hall–Kier alpha value is -4.11. The lowest BCUT2D eigenvalue weighted by molar-refractivity contribution is -0.384. The zero-order chi connectivity index (χ0) is 22.8. The monoisotopic (exact) mass is 442 g/mol. The number of likely N-dealkylation sites (tertiary alicyclic amines) is 1. The summed E-state index contributed by atoms with van der Waals surface area (Å²) < 4.78 is 0. The summed E-state index contributed by atoms with van der Waals surface area (Å²) in [6.07, 6.45) is 2.40. The molecule has 2 aromatic heterocycles. The Morgan fingerprint density at radius 2 is 2.06 bits per heavy atom. The van der Waals surface area contributed by atoms with Crippen molar-refractivity contribution in [2.24, 2.45) is 0 Å². The van der Waals surface area contributed by atoms with E-state index < -0.39 is 0 Å². The number of benzene rings is 2. The number of fused-ring (bicyclic) bond motifs is 1. The van der Waals surface area contributed by atoms with Gasteiger partial charge in [-0.2, -0.15) is 0 Å². The molecule has 1 atom stereocenters. The van der Waals surface area contributed by atoms with Crippen LogP contribution in [0.3, 0.4) is 0 Å². The van der Waals surface area contributed by atoms with E-state index in [9.17, 15) is 14.9 Å². The van der Waals surface area contributed by atoms with Crippen molar-refractivity contribution in [3.05, 3.63) is 88.2 Å². The minimum absolute atomic E-state index is 0.0262. The van der Waals surface area contributed by atoms with E-state index >= 15 is 0 Å². The molecule has 3 heterocycles. The minimum Gasteiger partial charge on any atom is -0.347 e. The number of aromatic amines is 1. The van der Waals surface area contributed by atoms with E-state index in [-0.39, 0.29) is 22.6 Å². The highest BCUT2D eigenvalue weighted by Gasteiger charge is 2.26. The summed E-state index contributed by atoms with van der Waals surface area (Å²) in [6.45, 7) is 2.06. The number of rotatable bonds is 6. The van der Waals surface area contributed by atoms with Crippen LogP contribution in [0.5, 0.6) is 0 Å². The molecule has 1 aliphatic heterocycles. The van der Waals surface area contributed by atoms with Gasteiger partial charge >= 0.3 is 0 Å². The number of nitro benzene ring substituents is 1. The quantitative estimate of drug-likeness (QED) is 0.348. The molecule has 9 heteroatoms. The van der Waals surface area contributed by atoms with Gasteiger partial charge in [0.15, 0.2) is 0 Å². The van der Waals surface area contributed by atoms with Gasteiger partial charge in [0, 0.05) is 49.6 Å². The predicted molar refractivity (Wildman–Crippen MR) is 124 cm³/mol. The molecule has 0 aliphatic carbocycles. The van der Waals surface area contributed by atoms with Gasteiger partial charge in [-0.1, -0.05) is 24.3 Å². The van der Waals surface area contributed by atoms with E-state index in [1.165, 1.54) is 6.07 Å². The summed E-state index contributed by atoms with van der Waals surface area (Å²) in [5.41, 5.74) is 3.68. The van der Waals surface area contributed by atoms with E-state index in [1.807, 2.05) is 36.4 Å². The Bertz CT molecular complexity index is 1300. The Morgan fingerprint density at radius 3 is 2.91 bits per heavy atom. The summed E-state index contributed by atoms with van der Waals surface area (Å²) in [5.74, 6) is 0.362. The second kappa shape index (κ2) is 8.79. The standard InChI is InChI=1S/C24H22N6O3/c31-24(22-19(7-4-11-25-22)23-27-20-8-1-2-9-21(20)28-23)26-17-10-12-29(15-17)14-16-5-3-6-18(13-16)30(32)33/h1-9,11,13,17H,10,12,14-15H2,(H,26,31)(H,27,28). The van der Waals surface area contributed by atoms with Gasteiger partial charge in [0.05, 0.1) is 16.0 Å². The lowest BCUT2D eigenvalue weighted by atomic mass is 10.1. The van der Waals surface area contributed by atoms with E-state index in [0.717, 1.165) is 29.6 Å². The first-order valence-electron chi connectivity index (χ1n) is 10.7. The molecule has 33 heavy (non-hydrogen) atoms. The first-order valence-corrected chi connectivity index (χ1v) is 10.7. The number of para-hydroxylation sites is 2. The number of nitrogens with one attached hydrogen (secondary N) is 2. The number of hydrogen-bond donors (Lipinski definition) is 2. The average molecular weight is 442 g/mol. The molecule has 2 N–H and O–H groups in total. The molecule has 9 nitrogen and oxygen atoms in total. The molecule has 1 amide bonds. The molecule has 1 unspecified atom stereocenters. The summed E-state index contributed by atoms with van der Waals surface area (Å²) in [5, 5.41) is 14.1. The highest BCUT2D eigenvalue weighted by Crippen LogP contribution is 2.23. The van der Waals surface area contributed by atoms with Crippen molar-refractivity contribution in [2.75, 3.05) is 13.1 Å². The van der Waals surface area contributed by atoms with Gasteiger partial charge in [-0.3, -0.25) is 24.8 Å². The van der Waals surface area contributed by atoms with Crippen molar-refractivity contribution in [3.8, 4) is 11.4 Å². The number of H-pyrrole nitrogens is 1. The summed E-state index contributed by atoms with van der Waals surface area (Å²) in [4.78, 5) is 38.1. The molecule has 1 fully saturated rings. The fourth-order valence-electron chi connectivity index (χ4n) is 4.23. The van der Waals surface area contributed by atoms with Gasteiger partial charge < -0.3 is 10.3 Å². The topological polar surface area (TPSA) is 117 Å². The van der Waals surface area contributed by atoms with Crippen LogP contribution in [-0.2, 0) is 6.54 Å². The lowest BCUT2D eigenvalue weighted by Gasteiger charge is -2.17. The van der Waals surface area contributed by atoms with Gasteiger partial charge in [0.25, 0.3) is 11.6 Å². The highest BCUT2D eigenvalue weighted by molar-refractivity contribution is 5.99. The number of nitrogens with zero attached hydrogens (tertiary/aromatic N) is 4. The van der Waals surface area contributed by atoms with E-state index in [1.54, 1.807) is 24.4 Å². The Balaban J connectivity index is 1.27. The van der Waals surface area contributed by atoms with Crippen LogP contribution in [0.4, 0.5) is 5.69 Å².